The molecule has 0 fully saturated rings. The third kappa shape index (κ3) is 1.37. The number of hydrogen-bond acceptors (Lipinski definition) is 3. The van der Waals surface area contributed by atoms with Crippen LogP contribution in [-0.2, 0) is 14.1 Å². The predicted octanol–water partition coefficient (Wildman–Crippen LogP) is 1.78. The zero-order chi connectivity index (χ0) is 13.0. The Morgan fingerprint density at radius 2 is 1.72 bits per heavy atom. The number of imidazole rings is 1. The van der Waals surface area contributed by atoms with Gasteiger partial charge in [-0.25, -0.2) is 14.8 Å². The molecule has 5 nitrogen and oxygen atoms in total. The number of aromatic nitrogens is 4. The number of hydrogen-bond donors (Lipinski definition) is 0. The van der Waals surface area contributed by atoms with Gasteiger partial charge in [-0.15, -0.1) is 0 Å². The second-order valence-electron chi connectivity index (χ2n) is 4.32. The van der Waals surface area contributed by atoms with E-state index in [0.29, 0.717) is 11.0 Å². The van der Waals surface area contributed by atoms with Crippen molar-refractivity contribution in [2.75, 3.05) is 0 Å². The molecule has 3 rings (SSSR count). The van der Waals surface area contributed by atoms with Crippen LogP contribution >= 0.6 is 11.6 Å². The van der Waals surface area contributed by atoms with Crippen LogP contribution in [0.4, 0.5) is 0 Å². The molecule has 18 heavy (non-hydrogen) atoms. The second kappa shape index (κ2) is 3.55. The van der Waals surface area contributed by atoms with Crippen LogP contribution in [0.1, 0.15) is 5.82 Å². The Labute approximate surface area is 108 Å². The van der Waals surface area contributed by atoms with E-state index in [1.807, 2.05) is 12.1 Å². The molecule has 0 atom stereocenters. The molecule has 0 aliphatic rings. The maximum absolute atomic E-state index is 11.9. The first-order valence-electron chi connectivity index (χ1n) is 5.48. The van der Waals surface area contributed by atoms with E-state index in [1.165, 1.54) is 0 Å². The number of aryl methyl sites for hydroxylation is 3. The van der Waals surface area contributed by atoms with Gasteiger partial charge < -0.3 is 0 Å². The van der Waals surface area contributed by atoms with Crippen molar-refractivity contribution in [1.29, 1.82) is 0 Å². The van der Waals surface area contributed by atoms with Gasteiger partial charge in [-0.1, -0.05) is 11.6 Å². The summed E-state index contributed by atoms with van der Waals surface area (Å²) in [5.74, 6) is 0.618. The minimum Gasteiger partial charge on any atom is -0.295 e. The normalized spacial score (nSPS) is 11.6. The lowest BCUT2D eigenvalue weighted by atomic mass is 10.2. The van der Waals surface area contributed by atoms with Crippen LogP contribution in [0.5, 0.6) is 0 Å². The molecule has 6 heteroatoms. The Hall–Kier alpha value is -1.88. The summed E-state index contributed by atoms with van der Waals surface area (Å²) in [5.41, 5.74) is 2.34. The third-order valence-electron chi connectivity index (χ3n) is 3.15. The van der Waals surface area contributed by atoms with Crippen molar-refractivity contribution in [3.05, 3.63) is 33.6 Å². The Balaban J connectivity index is 2.60. The fraction of sp³-hybridized carbons (Fsp3) is 0.250. The molecule has 0 radical (unpaired) electrons. The third-order valence-corrected chi connectivity index (χ3v) is 3.44. The number of fused-ring (bicyclic) bond motifs is 2. The molecule has 0 spiro atoms. The van der Waals surface area contributed by atoms with Crippen LogP contribution < -0.4 is 5.69 Å². The summed E-state index contributed by atoms with van der Waals surface area (Å²) in [6, 6.07) is 3.72. The lowest BCUT2D eigenvalue weighted by Gasteiger charge is -2.03. The summed E-state index contributed by atoms with van der Waals surface area (Å²) < 4.78 is 3.19. The first kappa shape index (κ1) is 11.2. The number of rotatable bonds is 0. The molecule has 2 heterocycles. The van der Waals surface area contributed by atoms with Crippen molar-refractivity contribution in [2.24, 2.45) is 14.1 Å². The fourth-order valence-corrected chi connectivity index (χ4v) is 2.47. The molecule has 0 unspecified atom stereocenters. The van der Waals surface area contributed by atoms with E-state index in [2.05, 4.69) is 9.97 Å². The average Bonchev–Trinajstić information content (AvgIpc) is 2.53. The van der Waals surface area contributed by atoms with Crippen molar-refractivity contribution in [3.8, 4) is 0 Å². The van der Waals surface area contributed by atoms with Crippen molar-refractivity contribution in [2.45, 2.75) is 6.92 Å². The lowest BCUT2D eigenvalue weighted by molar-refractivity contribution is 0.795. The minimum atomic E-state index is -0.0684. The summed E-state index contributed by atoms with van der Waals surface area (Å²) >= 11 is 6.12. The first-order chi connectivity index (χ1) is 8.49. The Bertz CT molecular complexity index is 847. The van der Waals surface area contributed by atoms with Crippen molar-refractivity contribution in [3.63, 3.8) is 0 Å². The highest BCUT2D eigenvalue weighted by atomic mass is 35.5. The molecular formula is C12H11ClN4O. The van der Waals surface area contributed by atoms with E-state index >= 15 is 0 Å². The molecule has 0 amide bonds. The highest BCUT2D eigenvalue weighted by Crippen LogP contribution is 2.25. The average molecular weight is 263 g/mol. The fourth-order valence-electron chi connectivity index (χ4n) is 2.19. The van der Waals surface area contributed by atoms with E-state index < -0.39 is 0 Å². The largest absolute Gasteiger partial charge is 0.328 e. The smallest absolute Gasteiger partial charge is 0.295 e. The monoisotopic (exact) mass is 262 g/mol. The maximum atomic E-state index is 11.9. The highest BCUT2D eigenvalue weighted by molar-refractivity contribution is 6.34. The molecular weight excluding hydrogens is 252 g/mol. The van der Waals surface area contributed by atoms with Crippen LogP contribution in [0.2, 0.25) is 5.15 Å². The van der Waals surface area contributed by atoms with Crippen LogP contribution in [0, 0.1) is 6.92 Å². The molecule has 0 aliphatic heterocycles. The van der Waals surface area contributed by atoms with E-state index in [-0.39, 0.29) is 5.69 Å². The summed E-state index contributed by atoms with van der Waals surface area (Å²) in [5, 5.41) is 1.17. The van der Waals surface area contributed by atoms with E-state index in [9.17, 15) is 4.79 Å². The minimum absolute atomic E-state index is 0.0684. The second-order valence-corrected chi connectivity index (χ2v) is 4.68. The Morgan fingerprint density at radius 3 is 2.39 bits per heavy atom. The van der Waals surface area contributed by atoms with Gasteiger partial charge >= 0.3 is 5.69 Å². The zero-order valence-electron chi connectivity index (χ0n) is 10.2. The number of benzene rings is 1. The van der Waals surface area contributed by atoms with Gasteiger partial charge in [0.15, 0.2) is 0 Å². The van der Waals surface area contributed by atoms with Gasteiger partial charge in [0.1, 0.15) is 11.0 Å². The van der Waals surface area contributed by atoms with E-state index in [1.54, 1.807) is 30.2 Å². The van der Waals surface area contributed by atoms with Gasteiger partial charge in [0.2, 0.25) is 0 Å². The van der Waals surface area contributed by atoms with Crippen molar-refractivity contribution >= 4 is 33.5 Å². The summed E-state index contributed by atoms with van der Waals surface area (Å²) in [6.45, 7) is 1.79. The predicted molar refractivity (Wildman–Crippen MR) is 71.0 cm³/mol. The molecule has 0 aliphatic carbocycles. The first-order valence-corrected chi connectivity index (χ1v) is 5.86. The Kier molecular flexibility index (Phi) is 2.22. The molecule has 0 bridgehead atoms. The van der Waals surface area contributed by atoms with Gasteiger partial charge in [0.25, 0.3) is 0 Å². The maximum Gasteiger partial charge on any atom is 0.328 e. The quantitative estimate of drug-likeness (QED) is 0.581. The zero-order valence-corrected chi connectivity index (χ0v) is 11.0. The number of halogens is 1. The van der Waals surface area contributed by atoms with Gasteiger partial charge in [-0.2, -0.15) is 0 Å². The van der Waals surface area contributed by atoms with Gasteiger partial charge in [-0.3, -0.25) is 9.13 Å². The molecule has 0 saturated heterocycles. The molecule has 0 N–H and O–H groups in total. The van der Waals surface area contributed by atoms with Crippen molar-refractivity contribution in [1.82, 2.24) is 19.1 Å². The Morgan fingerprint density at radius 1 is 1.11 bits per heavy atom. The van der Waals surface area contributed by atoms with Gasteiger partial charge in [-0.05, 0) is 19.1 Å². The lowest BCUT2D eigenvalue weighted by Crippen LogP contribution is -2.19. The molecule has 92 valence electrons. The number of nitrogens with zero attached hydrogens (tertiary/aromatic N) is 4. The molecule has 2 aromatic heterocycles. The van der Waals surface area contributed by atoms with Gasteiger partial charge in [0, 0.05) is 19.5 Å². The topological polar surface area (TPSA) is 52.7 Å². The SMILES string of the molecule is Cc1nc(Cl)c2cc3c(cc2n1)n(C)c(=O)n3C. The van der Waals surface area contributed by atoms with E-state index in [0.717, 1.165) is 21.9 Å². The summed E-state index contributed by atoms with van der Waals surface area (Å²) in [4.78, 5) is 20.3. The van der Waals surface area contributed by atoms with Crippen LogP contribution in [0.3, 0.4) is 0 Å². The van der Waals surface area contributed by atoms with Crippen LogP contribution in [-0.4, -0.2) is 19.1 Å². The summed E-state index contributed by atoms with van der Waals surface area (Å²) in [6.07, 6.45) is 0. The van der Waals surface area contributed by atoms with Crippen LogP contribution in [0.15, 0.2) is 16.9 Å². The standard InChI is InChI=1S/C12H11ClN4O/c1-6-14-8-5-10-9(4-7(8)11(13)15-6)16(2)12(18)17(10)3/h4-5H,1-3H3. The molecule has 0 saturated carbocycles. The van der Waals surface area contributed by atoms with Gasteiger partial charge in [0.05, 0.1) is 16.6 Å². The molecule has 1 aromatic carbocycles. The summed E-state index contributed by atoms with van der Waals surface area (Å²) in [7, 11) is 3.48. The van der Waals surface area contributed by atoms with Crippen molar-refractivity contribution < 1.29 is 0 Å². The van der Waals surface area contributed by atoms with E-state index in [4.69, 9.17) is 11.6 Å². The highest BCUT2D eigenvalue weighted by Gasteiger charge is 2.11. The molecule has 3 aromatic rings. The van der Waals surface area contributed by atoms with Crippen LogP contribution in [0.25, 0.3) is 21.9 Å².